The van der Waals surface area contributed by atoms with Gasteiger partial charge in [0.15, 0.2) is 0 Å². The zero-order valence-electron chi connectivity index (χ0n) is 21.3. The first-order chi connectivity index (χ1) is 19.0. The molecule has 0 bridgehead atoms. The van der Waals surface area contributed by atoms with E-state index in [1.54, 1.807) is 35.2 Å². The number of carbonyl (C=O) groups is 1. The number of para-hydroxylation sites is 1. The number of hydrogen-bond donors (Lipinski definition) is 1. The number of anilines is 1. The third-order valence-electron chi connectivity index (χ3n) is 7.30. The maximum atomic E-state index is 15.5. The first-order valence-corrected chi connectivity index (χ1v) is 13.1. The molecule has 196 valence electrons. The molecule has 3 heterocycles. The van der Waals surface area contributed by atoms with Gasteiger partial charge in [0.25, 0.3) is 5.91 Å². The molecule has 2 aromatic heterocycles. The molecule has 39 heavy (non-hydrogen) atoms. The van der Waals surface area contributed by atoms with E-state index in [1.165, 1.54) is 12.4 Å². The highest BCUT2D eigenvalue weighted by atomic mass is 19.1. The lowest BCUT2D eigenvalue weighted by Gasteiger charge is -2.33. The number of rotatable bonds is 6. The number of benzene rings is 2. The summed E-state index contributed by atoms with van der Waals surface area (Å²) in [5.74, 6) is 0.876. The SMILES string of the molecule is N#CC(=CC1CC1)C(=O)N1CCC[C@H](n2cc(-c3ccc(Oc4ccccc4)cc3F)c3c(N)ncnc32)C1. The van der Waals surface area contributed by atoms with Crippen molar-refractivity contribution in [3.63, 3.8) is 0 Å². The molecule has 2 aliphatic rings. The standard InChI is InChI=1S/C30H27FN6O2/c31-26-14-23(39-22-6-2-1-3-7-22)10-11-24(26)25-17-37(29-27(25)28(33)34-18-35-29)21-5-4-12-36(16-21)30(38)20(15-32)13-19-8-9-19/h1-3,6-7,10-11,13-14,17-19,21H,4-5,8-9,12,16H2,(H2,33,34,35)/t21-/m0/s1. The Morgan fingerprint density at radius 2 is 1.92 bits per heavy atom. The van der Waals surface area contributed by atoms with Gasteiger partial charge in [-0.05, 0) is 55.9 Å². The van der Waals surface area contributed by atoms with Crippen LogP contribution in [0.5, 0.6) is 11.5 Å². The summed E-state index contributed by atoms with van der Waals surface area (Å²) in [5.41, 5.74) is 8.00. The fourth-order valence-electron chi connectivity index (χ4n) is 5.18. The Bertz CT molecular complexity index is 1620. The number of aromatic nitrogens is 3. The van der Waals surface area contributed by atoms with E-state index < -0.39 is 5.82 Å². The number of nitriles is 1. The lowest BCUT2D eigenvalue weighted by molar-refractivity contribution is -0.128. The molecule has 8 nitrogen and oxygen atoms in total. The van der Waals surface area contributed by atoms with Crippen molar-refractivity contribution >= 4 is 22.8 Å². The van der Waals surface area contributed by atoms with Gasteiger partial charge < -0.3 is 19.9 Å². The van der Waals surface area contributed by atoms with Gasteiger partial charge in [-0.3, -0.25) is 4.79 Å². The molecular formula is C30H27FN6O2. The number of carbonyl (C=O) groups excluding carboxylic acids is 1. The van der Waals surface area contributed by atoms with Crippen molar-refractivity contribution in [3.8, 4) is 28.7 Å². The van der Waals surface area contributed by atoms with Gasteiger partial charge in [-0.2, -0.15) is 5.26 Å². The number of likely N-dealkylation sites (tertiary alicyclic amines) is 1. The third-order valence-corrected chi connectivity index (χ3v) is 7.30. The smallest absolute Gasteiger partial charge is 0.264 e. The van der Waals surface area contributed by atoms with Gasteiger partial charge in [0.1, 0.15) is 46.8 Å². The Morgan fingerprint density at radius 3 is 2.67 bits per heavy atom. The fourth-order valence-corrected chi connectivity index (χ4v) is 5.18. The second-order valence-electron chi connectivity index (χ2n) is 10.0. The van der Waals surface area contributed by atoms with E-state index in [1.807, 2.05) is 29.0 Å². The molecule has 1 saturated heterocycles. The maximum Gasteiger partial charge on any atom is 0.264 e. The zero-order chi connectivity index (χ0) is 26.9. The Hall–Kier alpha value is -4.71. The molecule has 1 atom stereocenters. The molecule has 9 heteroatoms. The largest absolute Gasteiger partial charge is 0.457 e. The molecule has 2 aromatic carbocycles. The predicted octanol–water partition coefficient (Wildman–Crippen LogP) is 5.64. The maximum absolute atomic E-state index is 15.5. The van der Waals surface area contributed by atoms with Crippen LogP contribution >= 0.6 is 0 Å². The van der Waals surface area contributed by atoms with Crippen molar-refractivity contribution in [1.29, 1.82) is 5.26 Å². The molecule has 1 amide bonds. The monoisotopic (exact) mass is 522 g/mol. The van der Waals surface area contributed by atoms with Crippen molar-refractivity contribution in [2.45, 2.75) is 31.7 Å². The summed E-state index contributed by atoms with van der Waals surface area (Å²) in [6, 6.07) is 15.9. The Kier molecular flexibility index (Phi) is 6.45. The number of nitrogens with two attached hydrogens (primary N) is 1. The van der Waals surface area contributed by atoms with Gasteiger partial charge in [0.05, 0.1) is 11.4 Å². The number of piperidine rings is 1. The van der Waals surface area contributed by atoms with Crippen molar-refractivity contribution in [2.24, 2.45) is 5.92 Å². The van der Waals surface area contributed by atoms with E-state index >= 15 is 4.39 Å². The van der Waals surface area contributed by atoms with Crippen LogP contribution in [-0.2, 0) is 4.79 Å². The molecule has 1 aliphatic carbocycles. The van der Waals surface area contributed by atoms with Gasteiger partial charge in [0.2, 0.25) is 0 Å². The van der Waals surface area contributed by atoms with E-state index in [0.717, 1.165) is 25.7 Å². The Labute approximate surface area is 225 Å². The normalized spacial score (nSPS) is 17.7. The molecule has 0 radical (unpaired) electrons. The van der Waals surface area contributed by atoms with Crippen LogP contribution in [0.25, 0.3) is 22.2 Å². The van der Waals surface area contributed by atoms with Gasteiger partial charge in [-0.25, -0.2) is 14.4 Å². The molecule has 2 N–H and O–H groups in total. The van der Waals surface area contributed by atoms with Gasteiger partial charge >= 0.3 is 0 Å². The van der Waals surface area contributed by atoms with Crippen LogP contribution in [0.1, 0.15) is 31.7 Å². The molecule has 4 aromatic rings. The summed E-state index contributed by atoms with van der Waals surface area (Å²) < 4.78 is 23.3. The second-order valence-corrected chi connectivity index (χ2v) is 10.0. The van der Waals surface area contributed by atoms with Crippen molar-refractivity contribution < 1.29 is 13.9 Å². The Balaban J connectivity index is 1.33. The zero-order valence-corrected chi connectivity index (χ0v) is 21.3. The first kappa shape index (κ1) is 24.6. The van der Waals surface area contributed by atoms with E-state index in [9.17, 15) is 10.1 Å². The van der Waals surface area contributed by atoms with Crippen LogP contribution < -0.4 is 10.5 Å². The summed E-state index contributed by atoms with van der Waals surface area (Å²) in [4.78, 5) is 23.5. The molecule has 0 unspecified atom stereocenters. The van der Waals surface area contributed by atoms with E-state index in [4.69, 9.17) is 10.5 Å². The minimum Gasteiger partial charge on any atom is -0.457 e. The number of amides is 1. The highest BCUT2D eigenvalue weighted by molar-refractivity contribution is 6.01. The average molecular weight is 523 g/mol. The quantitative estimate of drug-likeness (QED) is 0.259. The second kappa shape index (κ2) is 10.2. The number of hydrogen-bond acceptors (Lipinski definition) is 6. The highest BCUT2D eigenvalue weighted by Crippen LogP contribution is 2.39. The molecular weight excluding hydrogens is 495 g/mol. The van der Waals surface area contributed by atoms with Crippen molar-refractivity contribution in [3.05, 3.63) is 78.5 Å². The number of nitrogens with zero attached hydrogens (tertiary/aromatic N) is 5. The number of halogens is 1. The number of ether oxygens (including phenoxy) is 1. The summed E-state index contributed by atoms with van der Waals surface area (Å²) in [7, 11) is 0. The van der Waals surface area contributed by atoms with Crippen LogP contribution in [0.2, 0.25) is 0 Å². The number of nitrogen functional groups attached to an aromatic ring is 1. The number of allylic oxidation sites excluding steroid dienone is 1. The van der Waals surface area contributed by atoms with E-state index in [-0.39, 0.29) is 23.3 Å². The van der Waals surface area contributed by atoms with E-state index in [2.05, 4.69) is 16.0 Å². The van der Waals surface area contributed by atoms with Gasteiger partial charge in [-0.1, -0.05) is 24.3 Å². The predicted molar refractivity (Wildman–Crippen MR) is 145 cm³/mol. The highest BCUT2D eigenvalue weighted by Gasteiger charge is 2.30. The van der Waals surface area contributed by atoms with Crippen molar-refractivity contribution in [1.82, 2.24) is 19.4 Å². The van der Waals surface area contributed by atoms with Gasteiger partial charge in [0, 0.05) is 36.5 Å². The summed E-state index contributed by atoms with van der Waals surface area (Å²) in [5, 5.41) is 10.1. The lowest BCUT2D eigenvalue weighted by atomic mass is 10.0. The summed E-state index contributed by atoms with van der Waals surface area (Å²) >= 11 is 0. The van der Waals surface area contributed by atoms with Crippen molar-refractivity contribution in [2.75, 3.05) is 18.8 Å². The summed E-state index contributed by atoms with van der Waals surface area (Å²) in [6.45, 7) is 1.00. The van der Waals surface area contributed by atoms with Crippen LogP contribution in [0, 0.1) is 23.1 Å². The molecule has 2 fully saturated rings. The van der Waals surface area contributed by atoms with Crippen LogP contribution in [0.3, 0.4) is 0 Å². The third kappa shape index (κ3) is 4.93. The first-order valence-electron chi connectivity index (χ1n) is 13.1. The minimum atomic E-state index is -0.463. The van der Waals surface area contributed by atoms with Gasteiger partial charge in [-0.15, -0.1) is 0 Å². The number of fused-ring (bicyclic) bond motifs is 1. The van der Waals surface area contributed by atoms with E-state index in [0.29, 0.717) is 52.7 Å². The lowest BCUT2D eigenvalue weighted by Crippen LogP contribution is -2.41. The van der Waals surface area contributed by atoms with Crippen LogP contribution in [0.4, 0.5) is 10.2 Å². The molecule has 1 aliphatic heterocycles. The minimum absolute atomic E-state index is 0.113. The fraction of sp³-hybridized carbons (Fsp3) is 0.267. The van der Waals surface area contributed by atoms with Crippen LogP contribution in [0.15, 0.2) is 72.7 Å². The average Bonchev–Trinajstić information content (AvgIpc) is 3.70. The summed E-state index contributed by atoms with van der Waals surface area (Å²) in [6.07, 6.45) is 8.66. The topological polar surface area (TPSA) is 110 Å². The van der Waals surface area contributed by atoms with Crippen LogP contribution in [-0.4, -0.2) is 38.4 Å². The molecule has 6 rings (SSSR count). The Morgan fingerprint density at radius 1 is 1.10 bits per heavy atom. The molecule has 0 spiro atoms. The molecule has 1 saturated carbocycles.